The minimum atomic E-state index is -0.321. The molecule has 0 saturated carbocycles. The predicted molar refractivity (Wildman–Crippen MR) is 142 cm³/mol. The van der Waals surface area contributed by atoms with E-state index >= 15 is 0 Å². The average Bonchev–Trinajstić information content (AvgIpc) is 2.85. The quantitative estimate of drug-likeness (QED) is 0.207. The Bertz CT molecular complexity index is 699. The summed E-state index contributed by atoms with van der Waals surface area (Å²) in [5.74, 6) is 1.02. The second-order valence-electron chi connectivity index (χ2n) is 8.66. The lowest BCUT2D eigenvalue weighted by Gasteiger charge is -2.27. The van der Waals surface area contributed by atoms with Gasteiger partial charge >= 0.3 is 0 Å². The van der Waals surface area contributed by atoms with Gasteiger partial charge in [-0.05, 0) is 64.3 Å². The van der Waals surface area contributed by atoms with Gasteiger partial charge in [-0.25, -0.2) is 0 Å². The zero-order valence-corrected chi connectivity index (χ0v) is 22.1. The number of likely N-dealkylation sites (N-methyl/N-ethyl adjacent to an activating group) is 1. The van der Waals surface area contributed by atoms with Crippen LogP contribution in [0.25, 0.3) is 0 Å². The molecule has 192 valence electrons. The van der Waals surface area contributed by atoms with Gasteiger partial charge in [-0.3, -0.25) is 9.69 Å². The van der Waals surface area contributed by atoms with E-state index in [0.29, 0.717) is 24.9 Å². The summed E-state index contributed by atoms with van der Waals surface area (Å²) in [5, 5.41) is 6.14. The number of thioether (sulfide) groups is 1. The number of benzene rings is 1. The molecule has 8 heteroatoms. The number of rotatable bonds is 16. The highest BCUT2D eigenvalue weighted by Crippen LogP contribution is 2.28. The molecule has 1 atom stereocenters. The van der Waals surface area contributed by atoms with E-state index in [1.807, 2.05) is 38.2 Å². The van der Waals surface area contributed by atoms with Gasteiger partial charge in [0.15, 0.2) is 0 Å². The molecule has 0 aromatic heterocycles. The number of nitrogens with one attached hydrogen (secondary N) is 2. The zero-order valence-electron chi connectivity index (χ0n) is 21.3. The number of hydrogen-bond donors (Lipinski definition) is 2. The molecule has 1 aliphatic heterocycles. The maximum Gasteiger partial charge on any atom is 0.150 e. The van der Waals surface area contributed by atoms with Crippen LogP contribution in [0.3, 0.4) is 0 Å². The first-order valence-electron chi connectivity index (χ1n) is 12.4. The number of aldehydes is 3. The number of carbonyl (C=O) groups is 3. The molecule has 1 heterocycles. The van der Waals surface area contributed by atoms with E-state index in [-0.39, 0.29) is 6.04 Å². The van der Waals surface area contributed by atoms with Crippen molar-refractivity contribution >= 4 is 30.6 Å². The maximum absolute atomic E-state index is 11.6. The fourth-order valence-corrected chi connectivity index (χ4v) is 5.00. The normalized spacial score (nSPS) is 14.8. The van der Waals surface area contributed by atoms with Gasteiger partial charge in [0.1, 0.15) is 18.9 Å². The van der Waals surface area contributed by atoms with Gasteiger partial charge in [0.2, 0.25) is 0 Å². The van der Waals surface area contributed by atoms with Crippen LogP contribution >= 0.6 is 11.8 Å². The molecule has 7 nitrogen and oxygen atoms in total. The minimum absolute atomic E-state index is 0.321. The number of nitrogens with zero attached hydrogens (tertiary/aromatic N) is 2. The second-order valence-corrected chi connectivity index (χ2v) is 9.80. The predicted octanol–water partition coefficient (Wildman–Crippen LogP) is 2.87. The van der Waals surface area contributed by atoms with Gasteiger partial charge in [-0.1, -0.05) is 25.0 Å². The van der Waals surface area contributed by atoms with Gasteiger partial charge in [-0.2, -0.15) is 0 Å². The van der Waals surface area contributed by atoms with Crippen LogP contribution in [0.1, 0.15) is 54.4 Å². The molecule has 1 saturated heterocycles. The molecule has 1 aromatic carbocycles. The Kier molecular flexibility index (Phi) is 17.6. The van der Waals surface area contributed by atoms with Crippen molar-refractivity contribution in [2.75, 3.05) is 59.6 Å². The zero-order chi connectivity index (χ0) is 25.0. The molecular weight excluding hydrogens is 448 g/mol. The standard InChI is InChI=1S/C24H37N3O3S.C2H7N/c1-26(22(20-30)9-7-16-28)18-23-21(19-29)8-6-10-24(23)31-17-5-3-2-4-13-27-14-11-25-12-15-27;1-3-2/h6,8,10,16,19-20,22,25H,2-5,7,9,11-15,17-18H2,1H3;3H,1-2H3. The van der Waals surface area contributed by atoms with E-state index < -0.39 is 0 Å². The lowest BCUT2D eigenvalue weighted by molar-refractivity contribution is -0.113. The Balaban J connectivity index is 0.00000182. The molecule has 0 radical (unpaired) electrons. The Morgan fingerprint density at radius 1 is 1.12 bits per heavy atom. The Labute approximate surface area is 210 Å². The Morgan fingerprint density at radius 2 is 1.82 bits per heavy atom. The summed E-state index contributed by atoms with van der Waals surface area (Å²) in [7, 11) is 5.62. The first-order valence-corrected chi connectivity index (χ1v) is 13.4. The minimum Gasteiger partial charge on any atom is -0.323 e. The summed E-state index contributed by atoms with van der Waals surface area (Å²) in [4.78, 5) is 39.3. The molecule has 1 fully saturated rings. The number of carbonyl (C=O) groups excluding carboxylic acids is 3. The first-order chi connectivity index (χ1) is 16.6. The van der Waals surface area contributed by atoms with Gasteiger partial charge in [0, 0.05) is 49.6 Å². The lowest BCUT2D eigenvalue weighted by atomic mass is 10.1. The fraction of sp³-hybridized carbons (Fsp3) is 0.654. The van der Waals surface area contributed by atoms with Crippen molar-refractivity contribution in [3.05, 3.63) is 29.3 Å². The van der Waals surface area contributed by atoms with E-state index in [1.165, 1.54) is 38.9 Å². The van der Waals surface area contributed by atoms with Gasteiger partial charge in [0.25, 0.3) is 0 Å². The summed E-state index contributed by atoms with van der Waals surface area (Å²) in [6.07, 6.45) is 8.38. The smallest absolute Gasteiger partial charge is 0.150 e. The highest BCUT2D eigenvalue weighted by Gasteiger charge is 2.17. The molecule has 1 aliphatic rings. The van der Waals surface area contributed by atoms with Crippen molar-refractivity contribution in [3.63, 3.8) is 0 Å². The second kappa shape index (κ2) is 19.7. The van der Waals surface area contributed by atoms with Crippen molar-refractivity contribution in [3.8, 4) is 0 Å². The summed E-state index contributed by atoms with van der Waals surface area (Å²) >= 11 is 1.79. The van der Waals surface area contributed by atoms with Crippen LogP contribution in [-0.4, -0.2) is 94.3 Å². The summed E-state index contributed by atoms with van der Waals surface area (Å²) in [6.45, 7) is 6.27. The van der Waals surface area contributed by atoms with Crippen molar-refractivity contribution < 1.29 is 14.4 Å². The highest BCUT2D eigenvalue weighted by molar-refractivity contribution is 7.99. The average molecular weight is 493 g/mol. The highest BCUT2D eigenvalue weighted by atomic mass is 32.2. The van der Waals surface area contributed by atoms with Crippen LogP contribution in [-0.2, 0) is 16.1 Å². The van der Waals surface area contributed by atoms with Crippen LogP contribution in [0.2, 0.25) is 0 Å². The fourth-order valence-electron chi connectivity index (χ4n) is 3.90. The number of piperazine rings is 1. The largest absolute Gasteiger partial charge is 0.323 e. The Hall–Kier alpha value is -1.58. The van der Waals surface area contributed by atoms with Gasteiger partial charge < -0.3 is 25.1 Å². The van der Waals surface area contributed by atoms with Crippen LogP contribution in [0.4, 0.5) is 0 Å². The molecule has 34 heavy (non-hydrogen) atoms. The van der Waals surface area contributed by atoms with Crippen LogP contribution in [0.15, 0.2) is 23.1 Å². The van der Waals surface area contributed by atoms with Crippen molar-refractivity contribution in [2.24, 2.45) is 0 Å². The monoisotopic (exact) mass is 492 g/mol. The molecule has 0 bridgehead atoms. The van der Waals surface area contributed by atoms with Crippen molar-refractivity contribution in [1.82, 2.24) is 20.4 Å². The first kappa shape index (κ1) is 30.5. The third kappa shape index (κ3) is 12.2. The van der Waals surface area contributed by atoms with Crippen LogP contribution in [0, 0.1) is 0 Å². The molecule has 0 aliphatic carbocycles. The lowest BCUT2D eigenvalue weighted by Crippen LogP contribution is -2.43. The molecule has 2 N–H and O–H groups in total. The number of hydrogen-bond acceptors (Lipinski definition) is 8. The van der Waals surface area contributed by atoms with E-state index in [9.17, 15) is 14.4 Å². The number of unbranched alkanes of at least 4 members (excludes halogenated alkanes) is 3. The van der Waals surface area contributed by atoms with Gasteiger partial charge in [-0.15, -0.1) is 11.8 Å². The Morgan fingerprint density at radius 3 is 2.47 bits per heavy atom. The third-order valence-electron chi connectivity index (χ3n) is 5.84. The summed E-state index contributed by atoms with van der Waals surface area (Å²) in [6, 6.07) is 5.50. The topological polar surface area (TPSA) is 81.8 Å². The van der Waals surface area contributed by atoms with E-state index in [4.69, 9.17) is 0 Å². The van der Waals surface area contributed by atoms with E-state index in [1.54, 1.807) is 11.8 Å². The molecule has 0 amide bonds. The third-order valence-corrected chi connectivity index (χ3v) is 7.03. The van der Waals surface area contributed by atoms with Crippen LogP contribution in [0.5, 0.6) is 0 Å². The van der Waals surface area contributed by atoms with Crippen molar-refractivity contribution in [2.45, 2.75) is 56.0 Å². The maximum atomic E-state index is 11.6. The summed E-state index contributed by atoms with van der Waals surface area (Å²) in [5.41, 5.74) is 1.65. The van der Waals surface area contributed by atoms with E-state index in [0.717, 1.165) is 54.6 Å². The molecule has 2 rings (SSSR count). The molecular formula is C26H44N4O3S. The van der Waals surface area contributed by atoms with Crippen LogP contribution < -0.4 is 10.6 Å². The van der Waals surface area contributed by atoms with Gasteiger partial charge in [0.05, 0.1) is 6.04 Å². The molecule has 1 aromatic rings. The summed E-state index contributed by atoms with van der Waals surface area (Å²) < 4.78 is 0. The van der Waals surface area contributed by atoms with E-state index in [2.05, 4.69) is 21.6 Å². The molecule has 0 spiro atoms. The SMILES string of the molecule is CN(Cc1c(C=O)cccc1SCCCCCCN1CCNCC1)C(C=O)CCC=O.CNC. The molecule has 1 unspecified atom stereocenters. The van der Waals surface area contributed by atoms with Crippen molar-refractivity contribution in [1.29, 1.82) is 0 Å².